The van der Waals surface area contributed by atoms with E-state index in [0.29, 0.717) is 13.0 Å². The van der Waals surface area contributed by atoms with Gasteiger partial charge in [-0.25, -0.2) is 9.07 Å². The highest BCUT2D eigenvalue weighted by molar-refractivity contribution is 5.85. The van der Waals surface area contributed by atoms with E-state index in [1.165, 1.54) is 12.1 Å². The third-order valence-corrected chi connectivity index (χ3v) is 3.96. The summed E-state index contributed by atoms with van der Waals surface area (Å²) in [5.74, 6) is -0.220. The van der Waals surface area contributed by atoms with Crippen molar-refractivity contribution in [3.8, 4) is 5.69 Å². The van der Waals surface area contributed by atoms with E-state index in [-0.39, 0.29) is 24.1 Å². The Bertz CT molecular complexity index is 685. The van der Waals surface area contributed by atoms with Crippen LogP contribution in [0.3, 0.4) is 0 Å². The zero-order chi connectivity index (χ0) is 17.0. The number of nitrogens with zero attached hydrogens (tertiary/aromatic N) is 3. The van der Waals surface area contributed by atoms with Crippen LogP contribution in [0, 0.1) is 19.7 Å². The first kappa shape index (κ1) is 20.1. The number of aromatic nitrogens is 2. The van der Waals surface area contributed by atoms with Crippen molar-refractivity contribution in [3.05, 3.63) is 47.0 Å². The number of hydrogen-bond donors (Lipinski definition) is 1. The SMILES string of the molecule is CNCCN(C)C(=O)Cc1c(C)nn(-c2ccc(F)cc2)c1C.Cl. The second-order valence-corrected chi connectivity index (χ2v) is 5.63. The average molecular weight is 355 g/mol. The normalized spacial score (nSPS) is 10.4. The lowest BCUT2D eigenvalue weighted by Gasteiger charge is -2.17. The summed E-state index contributed by atoms with van der Waals surface area (Å²) in [4.78, 5) is 14.0. The van der Waals surface area contributed by atoms with Gasteiger partial charge in [-0.05, 0) is 45.2 Å². The van der Waals surface area contributed by atoms with E-state index >= 15 is 0 Å². The average Bonchev–Trinajstić information content (AvgIpc) is 2.81. The van der Waals surface area contributed by atoms with Crippen molar-refractivity contribution >= 4 is 18.3 Å². The van der Waals surface area contributed by atoms with Crippen LogP contribution in [-0.2, 0) is 11.2 Å². The Kier molecular flexibility index (Phi) is 7.38. The van der Waals surface area contributed by atoms with E-state index in [9.17, 15) is 9.18 Å². The van der Waals surface area contributed by atoms with Gasteiger partial charge in [-0.15, -0.1) is 12.4 Å². The van der Waals surface area contributed by atoms with E-state index in [0.717, 1.165) is 29.2 Å². The van der Waals surface area contributed by atoms with Crippen molar-refractivity contribution in [3.63, 3.8) is 0 Å². The zero-order valence-corrected chi connectivity index (χ0v) is 15.3. The van der Waals surface area contributed by atoms with Gasteiger partial charge in [-0.3, -0.25) is 4.79 Å². The molecule has 0 atom stereocenters. The standard InChI is InChI=1S/C17H23FN4O.ClH/c1-12-16(11-17(23)21(4)10-9-19-3)13(2)22(20-12)15-7-5-14(18)6-8-15;/h5-8,19H,9-11H2,1-4H3;1H. The number of aryl methyl sites for hydroxylation is 1. The maximum atomic E-state index is 13.1. The van der Waals surface area contributed by atoms with Crippen LogP contribution in [0.25, 0.3) is 5.69 Å². The van der Waals surface area contributed by atoms with Crippen molar-refractivity contribution < 1.29 is 9.18 Å². The molecule has 1 N–H and O–H groups in total. The smallest absolute Gasteiger partial charge is 0.226 e. The topological polar surface area (TPSA) is 50.2 Å². The third-order valence-electron chi connectivity index (χ3n) is 3.96. The number of benzene rings is 1. The Balaban J connectivity index is 0.00000288. The van der Waals surface area contributed by atoms with Crippen LogP contribution in [-0.4, -0.2) is 47.8 Å². The Morgan fingerprint density at radius 2 is 1.92 bits per heavy atom. The highest BCUT2D eigenvalue weighted by atomic mass is 35.5. The maximum Gasteiger partial charge on any atom is 0.226 e. The minimum atomic E-state index is -0.281. The van der Waals surface area contributed by atoms with Crippen LogP contribution in [0.2, 0.25) is 0 Å². The van der Waals surface area contributed by atoms with Crippen molar-refractivity contribution in [1.29, 1.82) is 0 Å². The zero-order valence-electron chi connectivity index (χ0n) is 14.5. The molecule has 5 nitrogen and oxygen atoms in total. The van der Waals surface area contributed by atoms with Gasteiger partial charge in [0.15, 0.2) is 0 Å². The monoisotopic (exact) mass is 354 g/mol. The number of nitrogens with one attached hydrogen (secondary N) is 1. The number of hydrogen-bond acceptors (Lipinski definition) is 3. The fraction of sp³-hybridized carbons (Fsp3) is 0.412. The molecule has 0 saturated carbocycles. The van der Waals surface area contributed by atoms with Crippen LogP contribution in [0.5, 0.6) is 0 Å². The van der Waals surface area contributed by atoms with Crippen molar-refractivity contribution in [2.75, 3.05) is 27.2 Å². The molecule has 2 aromatic rings. The van der Waals surface area contributed by atoms with E-state index in [1.54, 1.807) is 28.8 Å². The van der Waals surface area contributed by atoms with Gasteiger partial charge in [0.1, 0.15) is 5.82 Å². The molecule has 1 aromatic heterocycles. The van der Waals surface area contributed by atoms with Crippen LogP contribution >= 0.6 is 12.4 Å². The first-order valence-electron chi connectivity index (χ1n) is 7.63. The van der Waals surface area contributed by atoms with Crippen LogP contribution in [0.1, 0.15) is 17.0 Å². The third kappa shape index (κ3) is 4.55. The molecule has 1 amide bonds. The molecule has 0 aliphatic heterocycles. The first-order chi connectivity index (χ1) is 10.9. The molecule has 0 bridgehead atoms. The number of amides is 1. The highest BCUT2D eigenvalue weighted by Gasteiger charge is 2.18. The molecule has 7 heteroatoms. The lowest BCUT2D eigenvalue weighted by molar-refractivity contribution is -0.129. The summed E-state index contributed by atoms with van der Waals surface area (Å²) >= 11 is 0. The van der Waals surface area contributed by atoms with Crippen molar-refractivity contribution in [2.45, 2.75) is 20.3 Å². The Hall–Kier alpha value is -1.92. The number of carbonyl (C=O) groups is 1. The predicted molar refractivity (Wildman–Crippen MR) is 95.5 cm³/mol. The summed E-state index contributed by atoms with van der Waals surface area (Å²) in [6, 6.07) is 6.17. The number of carbonyl (C=O) groups excluding carboxylic acids is 1. The van der Waals surface area contributed by atoms with Crippen molar-refractivity contribution in [1.82, 2.24) is 20.0 Å². The van der Waals surface area contributed by atoms with Gasteiger partial charge in [0.05, 0.1) is 17.8 Å². The molecule has 0 aliphatic carbocycles. The van der Waals surface area contributed by atoms with Crippen LogP contribution in [0.15, 0.2) is 24.3 Å². The Morgan fingerprint density at radius 1 is 1.29 bits per heavy atom. The summed E-state index contributed by atoms with van der Waals surface area (Å²) in [5.41, 5.74) is 3.44. The van der Waals surface area contributed by atoms with Gasteiger partial charge >= 0.3 is 0 Å². The molecule has 0 unspecified atom stereocenters. The lowest BCUT2D eigenvalue weighted by atomic mass is 10.1. The Labute approximate surface area is 148 Å². The van der Waals surface area contributed by atoms with E-state index in [1.807, 2.05) is 20.9 Å². The molecule has 2 rings (SSSR count). The van der Waals surface area contributed by atoms with Gasteiger partial charge in [0.25, 0.3) is 0 Å². The van der Waals surface area contributed by atoms with Gasteiger partial charge in [0, 0.05) is 31.4 Å². The van der Waals surface area contributed by atoms with E-state index in [2.05, 4.69) is 10.4 Å². The molecule has 0 radical (unpaired) electrons. The Morgan fingerprint density at radius 3 is 2.50 bits per heavy atom. The van der Waals surface area contributed by atoms with Crippen molar-refractivity contribution in [2.24, 2.45) is 0 Å². The second kappa shape index (κ2) is 8.80. The molecule has 132 valence electrons. The molecule has 0 aliphatic rings. The maximum absolute atomic E-state index is 13.1. The molecule has 0 saturated heterocycles. The summed E-state index contributed by atoms with van der Waals surface area (Å²) in [6.45, 7) is 5.25. The van der Waals surface area contributed by atoms with Gasteiger partial charge in [-0.1, -0.05) is 0 Å². The van der Waals surface area contributed by atoms with E-state index < -0.39 is 0 Å². The molecule has 1 aromatic carbocycles. The molecular weight excluding hydrogens is 331 g/mol. The highest BCUT2D eigenvalue weighted by Crippen LogP contribution is 2.19. The fourth-order valence-electron chi connectivity index (χ4n) is 2.45. The quantitative estimate of drug-likeness (QED) is 0.865. The minimum absolute atomic E-state index is 0. The minimum Gasteiger partial charge on any atom is -0.344 e. The first-order valence-corrected chi connectivity index (χ1v) is 7.63. The van der Waals surface area contributed by atoms with Crippen LogP contribution in [0.4, 0.5) is 4.39 Å². The summed E-state index contributed by atoms with van der Waals surface area (Å²) in [6.07, 6.45) is 0.319. The molecule has 0 spiro atoms. The van der Waals surface area contributed by atoms with E-state index in [4.69, 9.17) is 0 Å². The molecule has 24 heavy (non-hydrogen) atoms. The fourth-order valence-corrected chi connectivity index (χ4v) is 2.45. The summed E-state index contributed by atoms with van der Waals surface area (Å²) in [5, 5.41) is 7.53. The predicted octanol–water partition coefficient (Wildman–Crippen LogP) is 2.27. The summed E-state index contributed by atoms with van der Waals surface area (Å²) < 4.78 is 14.8. The largest absolute Gasteiger partial charge is 0.344 e. The van der Waals surface area contributed by atoms with Gasteiger partial charge in [0.2, 0.25) is 5.91 Å². The van der Waals surface area contributed by atoms with Gasteiger partial charge in [-0.2, -0.15) is 5.10 Å². The second-order valence-electron chi connectivity index (χ2n) is 5.63. The van der Waals surface area contributed by atoms with Crippen LogP contribution < -0.4 is 5.32 Å². The number of halogens is 2. The number of rotatable bonds is 6. The molecular formula is C17H24ClFN4O. The molecule has 0 fully saturated rings. The summed E-state index contributed by atoms with van der Waals surface area (Å²) in [7, 11) is 3.66. The molecule has 1 heterocycles. The number of likely N-dealkylation sites (N-methyl/N-ethyl adjacent to an activating group) is 2. The van der Waals surface area contributed by atoms with Gasteiger partial charge < -0.3 is 10.2 Å². The lowest BCUT2D eigenvalue weighted by Crippen LogP contribution is -2.34.